The highest BCUT2D eigenvalue weighted by atomic mass is 35.5. The molecule has 2 N–H and O–H groups in total. The minimum atomic E-state index is -0.303. The number of halogens is 1. The average Bonchev–Trinajstić information content (AvgIpc) is 2.95. The number of amides is 3. The molecular formula is C18H18ClN3O2. The summed E-state index contributed by atoms with van der Waals surface area (Å²) in [6, 6.07) is 16.2. The maximum absolute atomic E-state index is 12.1. The van der Waals surface area contributed by atoms with Crippen molar-refractivity contribution >= 4 is 34.9 Å². The predicted octanol–water partition coefficient (Wildman–Crippen LogP) is 3.51. The normalized spacial score (nSPS) is 17.0. The van der Waals surface area contributed by atoms with Gasteiger partial charge in [-0.25, -0.2) is 4.79 Å². The third-order valence-electron chi connectivity index (χ3n) is 3.91. The molecule has 0 aliphatic carbocycles. The van der Waals surface area contributed by atoms with Crippen LogP contribution in [0.25, 0.3) is 0 Å². The molecule has 6 heteroatoms. The zero-order valence-electron chi connectivity index (χ0n) is 13.0. The number of urea groups is 1. The van der Waals surface area contributed by atoms with Crippen LogP contribution in [-0.2, 0) is 4.79 Å². The Hall–Kier alpha value is -2.53. The van der Waals surface area contributed by atoms with E-state index in [9.17, 15) is 9.59 Å². The Bertz CT molecular complexity index is 736. The van der Waals surface area contributed by atoms with Crippen LogP contribution in [0.2, 0.25) is 5.02 Å². The number of carbonyl (C=O) groups excluding carboxylic acids is 2. The van der Waals surface area contributed by atoms with E-state index in [1.807, 2.05) is 30.3 Å². The van der Waals surface area contributed by atoms with Gasteiger partial charge in [0.1, 0.15) is 0 Å². The molecule has 1 heterocycles. The Morgan fingerprint density at radius 1 is 1.17 bits per heavy atom. The molecule has 1 saturated heterocycles. The second-order valence-corrected chi connectivity index (χ2v) is 6.19. The summed E-state index contributed by atoms with van der Waals surface area (Å²) in [6.07, 6.45) is 0.437. The van der Waals surface area contributed by atoms with Crippen LogP contribution in [0.15, 0.2) is 54.6 Å². The van der Waals surface area contributed by atoms with E-state index in [1.165, 1.54) is 0 Å². The molecule has 1 aliphatic heterocycles. The second-order valence-electron chi connectivity index (χ2n) is 5.76. The molecule has 24 heavy (non-hydrogen) atoms. The molecule has 2 aromatic carbocycles. The van der Waals surface area contributed by atoms with Gasteiger partial charge in [-0.15, -0.1) is 0 Å². The maximum Gasteiger partial charge on any atom is 0.319 e. The number of hydrogen-bond acceptors (Lipinski definition) is 2. The summed E-state index contributed by atoms with van der Waals surface area (Å²) in [6.45, 7) is 1.06. The van der Waals surface area contributed by atoms with Crippen molar-refractivity contribution in [2.24, 2.45) is 5.92 Å². The van der Waals surface area contributed by atoms with E-state index in [1.54, 1.807) is 29.2 Å². The summed E-state index contributed by atoms with van der Waals surface area (Å²) in [5.41, 5.74) is 1.53. The van der Waals surface area contributed by atoms with Crippen molar-refractivity contribution in [3.8, 4) is 0 Å². The average molecular weight is 344 g/mol. The summed E-state index contributed by atoms with van der Waals surface area (Å²) in [4.78, 5) is 25.9. The van der Waals surface area contributed by atoms with Crippen LogP contribution in [0.4, 0.5) is 16.2 Å². The van der Waals surface area contributed by atoms with Gasteiger partial charge >= 0.3 is 6.03 Å². The number of rotatable bonds is 4. The first kappa shape index (κ1) is 16.3. The van der Waals surface area contributed by atoms with Gasteiger partial charge in [-0.3, -0.25) is 4.79 Å². The Balaban J connectivity index is 1.50. The molecule has 0 bridgehead atoms. The molecule has 1 aliphatic rings. The van der Waals surface area contributed by atoms with Gasteiger partial charge in [-0.1, -0.05) is 35.9 Å². The minimum absolute atomic E-state index is 0.0863. The van der Waals surface area contributed by atoms with Gasteiger partial charge in [0, 0.05) is 41.8 Å². The molecule has 3 amide bonds. The standard InChI is InChI=1S/C18H18ClN3O2/c19-14-5-4-6-15(10-14)21-18(24)20-11-13-9-17(23)22(12-13)16-7-2-1-3-8-16/h1-8,10,13H,9,11-12H2,(H2,20,21,24)/t13-/m1/s1. The first-order valence-corrected chi connectivity index (χ1v) is 8.15. The van der Waals surface area contributed by atoms with Crippen LogP contribution in [0, 0.1) is 5.92 Å². The summed E-state index contributed by atoms with van der Waals surface area (Å²) in [7, 11) is 0. The molecule has 2 aromatic rings. The van der Waals surface area contributed by atoms with Crippen molar-refractivity contribution in [2.45, 2.75) is 6.42 Å². The monoisotopic (exact) mass is 343 g/mol. The van der Waals surface area contributed by atoms with Gasteiger partial charge in [0.2, 0.25) is 5.91 Å². The number of nitrogens with zero attached hydrogens (tertiary/aromatic N) is 1. The highest BCUT2D eigenvalue weighted by Gasteiger charge is 2.30. The topological polar surface area (TPSA) is 61.4 Å². The molecule has 124 valence electrons. The lowest BCUT2D eigenvalue weighted by molar-refractivity contribution is -0.117. The Morgan fingerprint density at radius 3 is 2.71 bits per heavy atom. The van der Waals surface area contributed by atoms with Crippen molar-refractivity contribution in [1.29, 1.82) is 0 Å². The molecule has 0 radical (unpaired) electrons. The first-order chi connectivity index (χ1) is 11.6. The van der Waals surface area contributed by atoms with Crippen LogP contribution in [-0.4, -0.2) is 25.0 Å². The van der Waals surface area contributed by atoms with Crippen molar-refractivity contribution in [2.75, 3.05) is 23.3 Å². The molecule has 1 atom stereocenters. The lowest BCUT2D eigenvalue weighted by Gasteiger charge is -2.17. The number of carbonyl (C=O) groups is 2. The van der Waals surface area contributed by atoms with E-state index in [0.717, 1.165) is 5.69 Å². The Morgan fingerprint density at radius 2 is 1.96 bits per heavy atom. The number of hydrogen-bond donors (Lipinski definition) is 2. The molecular weight excluding hydrogens is 326 g/mol. The zero-order chi connectivity index (χ0) is 16.9. The van der Waals surface area contributed by atoms with Gasteiger partial charge in [0.05, 0.1) is 0 Å². The van der Waals surface area contributed by atoms with E-state index >= 15 is 0 Å². The summed E-state index contributed by atoms with van der Waals surface area (Å²) in [5, 5.41) is 6.10. The van der Waals surface area contributed by atoms with E-state index < -0.39 is 0 Å². The number of anilines is 2. The molecule has 3 rings (SSSR count). The highest BCUT2D eigenvalue weighted by molar-refractivity contribution is 6.30. The number of para-hydroxylation sites is 1. The van der Waals surface area contributed by atoms with E-state index in [0.29, 0.717) is 30.2 Å². The van der Waals surface area contributed by atoms with Crippen molar-refractivity contribution < 1.29 is 9.59 Å². The molecule has 0 spiro atoms. The van der Waals surface area contributed by atoms with Crippen LogP contribution in [0.5, 0.6) is 0 Å². The van der Waals surface area contributed by atoms with E-state index in [2.05, 4.69) is 10.6 Å². The third-order valence-corrected chi connectivity index (χ3v) is 4.14. The highest BCUT2D eigenvalue weighted by Crippen LogP contribution is 2.24. The van der Waals surface area contributed by atoms with Crippen LogP contribution in [0.3, 0.4) is 0 Å². The quantitative estimate of drug-likeness (QED) is 0.892. The van der Waals surface area contributed by atoms with Crippen LogP contribution < -0.4 is 15.5 Å². The van der Waals surface area contributed by atoms with Crippen LogP contribution >= 0.6 is 11.6 Å². The SMILES string of the molecule is O=C(NC[C@H]1CC(=O)N(c2ccccc2)C1)Nc1cccc(Cl)c1. The zero-order valence-corrected chi connectivity index (χ0v) is 13.8. The van der Waals surface area contributed by atoms with Crippen molar-refractivity contribution in [1.82, 2.24) is 5.32 Å². The molecule has 5 nitrogen and oxygen atoms in total. The van der Waals surface area contributed by atoms with Crippen molar-refractivity contribution in [3.05, 3.63) is 59.6 Å². The summed E-state index contributed by atoms with van der Waals surface area (Å²) < 4.78 is 0. The van der Waals surface area contributed by atoms with Crippen molar-refractivity contribution in [3.63, 3.8) is 0 Å². The van der Waals surface area contributed by atoms with Crippen LogP contribution in [0.1, 0.15) is 6.42 Å². The molecule has 0 aromatic heterocycles. The lowest BCUT2D eigenvalue weighted by atomic mass is 10.1. The van der Waals surface area contributed by atoms with E-state index in [-0.39, 0.29) is 17.9 Å². The Labute approximate surface area is 145 Å². The van der Waals surface area contributed by atoms with Gasteiger partial charge in [0.15, 0.2) is 0 Å². The molecule has 0 saturated carbocycles. The molecule has 1 fully saturated rings. The fourth-order valence-corrected chi connectivity index (χ4v) is 2.94. The second kappa shape index (κ2) is 7.36. The van der Waals surface area contributed by atoms with E-state index in [4.69, 9.17) is 11.6 Å². The number of benzene rings is 2. The lowest BCUT2D eigenvalue weighted by Crippen LogP contribution is -2.34. The van der Waals surface area contributed by atoms with Gasteiger partial charge < -0.3 is 15.5 Å². The Kier molecular flexibility index (Phi) is 5.01. The summed E-state index contributed by atoms with van der Waals surface area (Å²) >= 11 is 5.88. The fraction of sp³-hybridized carbons (Fsp3) is 0.222. The predicted molar refractivity (Wildman–Crippen MR) is 95.4 cm³/mol. The maximum atomic E-state index is 12.1. The first-order valence-electron chi connectivity index (χ1n) is 7.77. The largest absolute Gasteiger partial charge is 0.338 e. The summed E-state index contributed by atoms with van der Waals surface area (Å²) in [5.74, 6) is 0.186. The number of nitrogens with one attached hydrogen (secondary N) is 2. The third kappa shape index (κ3) is 4.06. The van der Waals surface area contributed by atoms with Gasteiger partial charge in [-0.2, -0.15) is 0 Å². The van der Waals surface area contributed by atoms with Gasteiger partial charge in [0.25, 0.3) is 0 Å². The minimum Gasteiger partial charge on any atom is -0.338 e. The van der Waals surface area contributed by atoms with Gasteiger partial charge in [-0.05, 0) is 30.3 Å². The molecule has 0 unspecified atom stereocenters. The smallest absolute Gasteiger partial charge is 0.319 e. The fourth-order valence-electron chi connectivity index (χ4n) is 2.75.